The van der Waals surface area contributed by atoms with Gasteiger partial charge in [0.2, 0.25) is 0 Å². The van der Waals surface area contributed by atoms with Crippen LogP contribution in [0.1, 0.15) is 15.9 Å². The zero-order valence-electron chi connectivity index (χ0n) is 8.87. The zero-order valence-corrected chi connectivity index (χ0v) is 8.87. The number of carbonyl (C=O) groups excluding carboxylic acids is 1. The topological polar surface area (TPSA) is 46.3 Å². The molecule has 0 fully saturated rings. The number of ketones is 1. The minimum Gasteiger partial charge on any atom is -0.377 e. The van der Waals surface area contributed by atoms with Crippen molar-refractivity contribution < 1.29 is 4.79 Å². The van der Waals surface area contributed by atoms with Gasteiger partial charge in [0.25, 0.3) is 0 Å². The molecule has 0 amide bonds. The molecule has 3 heteroatoms. The maximum atomic E-state index is 11.5. The monoisotopic (exact) mass is 192 g/mol. The summed E-state index contributed by atoms with van der Waals surface area (Å²) in [5.41, 5.74) is 8.11. The first kappa shape index (κ1) is 10.7. The molecule has 3 nitrogen and oxygen atoms in total. The number of nitrogens with two attached hydrogens (primary N) is 1. The van der Waals surface area contributed by atoms with Gasteiger partial charge in [-0.2, -0.15) is 0 Å². The van der Waals surface area contributed by atoms with Crippen molar-refractivity contribution in [1.82, 2.24) is 0 Å². The van der Waals surface area contributed by atoms with Gasteiger partial charge >= 0.3 is 0 Å². The van der Waals surface area contributed by atoms with Gasteiger partial charge < -0.3 is 10.6 Å². The van der Waals surface area contributed by atoms with E-state index in [0.717, 1.165) is 11.3 Å². The smallest absolute Gasteiger partial charge is 0.178 e. The molecule has 0 aromatic heterocycles. The second-order valence-corrected chi connectivity index (χ2v) is 3.54. The third-order valence-electron chi connectivity index (χ3n) is 2.12. The molecule has 0 radical (unpaired) electrons. The Bertz CT molecular complexity index is 345. The minimum atomic E-state index is -0.0197. The Morgan fingerprint density at radius 1 is 1.43 bits per heavy atom. The maximum absolute atomic E-state index is 11.5. The number of hydrogen-bond donors (Lipinski definition) is 1. The van der Waals surface area contributed by atoms with Crippen molar-refractivity contribution in [3.05, 3.63) is 29.3 Å². The molecule has 0 aliphatic carbocycles. The summed E-state index contributed by atoms with van der Waals surface area (Å²) in [5, 5.41) is 0. The van der Waals surface area contributed by atoms with Crippen molar-refractivity contribution in [2.45, 2.75) is 6.92 Å². The first-order chi connectivity index (χ1) is 6.56. The van der Waals surface area contributed by atoms with E-state index >= 15 is 0 Å². The molecule has 1 aromatic rings. The van der Waals surface area contributed by atoms with E-state index in [2.05, 4.69) is 0 Å². The van der Waals surface area contributed by atoms with E-state index in [4.69, 9.17) is 5.73 Å². The molecule has 14 heavy (non-hydrogen) atoms. The van der Waals surface area contributed by atoms with Gasteiger partial charge in [0.05, 0.1) is 6.54 Å². The molecule has 0 atom stereocenters. The van der Waals surface area contributed by atoms with E-state index in [9.17, 15) is 4.79 Å². The number of hydrogen-bond acceptors (Lipinski definition) is 3. The average Bonchev–Trinajstić information content (AvgIpc) is 2.16. The van der Waals surface area contributed by atoms with Gasteiger partial charge in [-0.3, -0.25) is 4.79 Å². The van der Waals surface area contributed by atoms with Gasteiger partial charge in [0.15, 0.2) is 5.78 Å². The van der Waals surface area contributed by atoms with Crippen LogP contribution >= 0.6 is 0 Å². The lowest BCUT2D eigenvalue weighted by atomic mass is 10.1. The lowest BCUT2D eigenvalue weighted by Crippen LogP contribution is -2.19. The Kier molecular flexibility index (Phi) is 3.25. The lowest BCUT2D eigenvalue weighted by molar-refractivity contribution is 0.100. The SMILES string of the molecule is Cc1ccc(C(=O)CN)c(N(C)C)c1. The van der Waals surface area contributed by atoms with Crippen LogP contribution in [0.2, 0.25) is 0 Å². The predicted molar refractivity (Wildman–Crippen MR) is 58.9 cm³/mol. The van der Waals surface area contributed by atoms with Crippen molar-refractivity contribution in [3.8, 4) is 0 Å². The standard InChI is InChI=1S/C11H16N2O/c1-8-4-5-9(11(14)7-12)10(6-8)13(2)3/h4-6H,7,12H2,1-3H3. The van der Waals surface area contributed by atoms with Gasteiger partial charge in [0.1, 0.15) is 0 Å². The second kappa shape index (κ2) is 4.24. The molecule has 76 valence electrons. The summed E-state index contributed by atoms with van der Waals surface area (Å²) in [6, 6.07) is 5.75. The minimum absolute atomic E-state index is 0.0197. The molecular formula is C11H16N2O. The van der Waals surface area contributed by atoms with Crippen molar-refractivity contribution >= 4 is 11.5 Å². The van der Waals surface area contributed by atoms with Crippen LogP contribution in [0.4, 0.5) is 5.69 Å². The van der Waals surface area contributed by atoms with Crippen LogP contribution in [0.3, 0.4) is 0 Å². The number of carbonyl (C=O) groups is 1. The Balaban J connectivity index is 3.21. The van der Waals surface area contributed by atoms with Crippen LogP contribution in [-0.4, -0.2) is 26.4 Å². The number of nitrogens with zero attached hydrogens (tertiary/aromatic N) is 1. The van der Waals surface area contributed by atoms with E-state index < -0.39 is 0 Å². The predicted octanol–water partition coefficient (Wildman–Crippen LogP) is 1.20. The maximum Gasteiger partial charge on any atom is 0.178 e. The number of anilines is 1. The fourth-order valence-corrected chi connectivity index (χ4v) is 1.36. The molecule has 0 saturated carbocycles. The van der Waals surface area contributed by atoms with Crippen molar-refractivity contribution in [2.24, 2.45) is 5.73 Å². The highest BCUT2D eigenvalue weighted by molar-refractivity contribution is 6.02. The number of Topliss-reactive ketones (excluding diaryl/α,β-unsaturated/α-hetero) is 1. The highest BCUT2D eigenvalue weighted by Crippen LogP contribution is 2.20. The number of benzene rings is 1. The molecule has 0 bridgehead atoms. The van der Waals surface area contributed by atoms with Gasteiger partial charge in [0, 0.05) is 25.3 Å². The van der Waals surface area contributed by atoms with Gasteiger partial charge in [-0.15, -0.1) is 0 Å². The van der Waals surface area contributed by atoms with Crippen LogP contribution in [0.15, 0.2) is 18.2 Å². The highest BCUT2D eigenvalue weighted by Gasteiger charge is 2.10. The first-order valence-corrected chi connectivity index (χ1v) is 4.57. The summed E-state index contributed by atoms with van der Waals surface area (Å²) in [6.45, 7) is 2.06. The third-order valence-corrected chi connectivity index (χ3v) is 2.12. The van der Waals surface area contributed by atoms with Crippen LogP contribution in [-0.2, 0) is 0 Å². The quantitative estimate of drug-likeness (QED) is 0.732. The molecule has 0 aliphatic rings. The fraction of sp³-hybridized carbons (Fsp3) is 0.364. The largest absolute Gasteiger partial charge is 0.377 e. The average molecular weight is 192 g/mol. The third kappa shape index (κ3) is 2.12. The van der Waals surface area contributed by atoms with Crippen LogP contribution in [0.5, 0.6) is 0 Å². The van der Waals surface area contributed by atoms with E-state index in [1.54, 1.807) is 0 Å². The molecule has 1 aromatic carbocycles. The number of rotatable bonds is 3. The van der Waals surface area contributed by atoms with E-state index in [-0.39, 0.29) is 12.3 Å². The first-order valence-electron chi connectivity index (χ1n) is 4.57. The summed E-state index contributed by atoms with van der Waals surface area (Å²) in [6.07, 6.45) is 0. The zero-order chi connectivity index (χ0) is 10.7. The van der Waals surface area contributed by atoms with Crippen LogP contribution in [0.25, 0.3) is 0 Å². The van der Waals surface area contributed by atoms with E-state index in [0.29, 0.717) is 5.56 Å². The Morgan fingerprint density at radius 2 is 2.07 bits per heavy atom. The summed E-state index contributed by atoms with van der Waals surface area (Å²) in [7, 11) is 3.84. The molecule has 2 N–H and O–H groups in total. The van der Waals surface area contributed by atoms with Gasteiger partial charge in [-0.1, -0.05) is 6.07 Å². The van der Waals surface area contributed by atoms with Crippen molar-refractivity contribution in [3.63, 3.8) is 0 Å². The number of aryl methyl sites for hydroxylation is 1. The van der Waals surface area contributed by atoms with E-state index in [1.165, 1.54) is 0 Å². The van der Waals surface area contributed by atoms with Crippen molar-refractivity contribution in [2.75, 3.05) is 25.5 Å². The fourth-order valence-electron chi connectivity index (χ4n) is 1.36. The molecule has 0 spiro atoms. The Labute approximate surface area is 84.5 Å². The summed E-state index contributed by atoms with van der Waals surface area (Å²) >= 11 is 0. The van der Waals surface area contributed by atoms with Gasteiger partial charge in [-0.25, -0.2) is 0 Å². The summed E-state index contributed by atoms with van der Waals surface area (Å²) < 4.78 is 0. The summed E-state index contributed by atoms with van der Waals surface area (Å²) in [4.78, 5) is 13.4. The van der Waals surface area contributed by atoms with Gasteiger partial charge in [-0.05, 0) is 24.6 Å². The summed E-state index contributed by atoms with van der Waals surface area (Å²) in [5.74, 6) is -0.0197. The molecule has 0 saturated heterocycles. The molecule has 0 aliphatic heterocycles. The molecular weight excluding hydrogens is 176 g/mol. The lowest BCUT2D eigenvalue weighted by Gasteiger charge is -2.17. The van der Waals surface area contributed by atoms with E-state index in [1.807, 2.05) is 44.1 Å². The van der Waals surface area contributed by atoms with Crippen LogP contribution < -0.4 is 10.6 Å². The second-order valence-electron chi connectivity index (χ2n) is 3.54. The van der Waals surface area contributed by atoms with Crippen molar-refractivity contribution in [1.29, 1.82) is 0 Å². The normalized spacial score (nSPS) is 10.0. The Morgan fingerprint density at radius 3 is 2.57 bits per heavy atom. The molecule has 0 heterocycles. The molecule has 0 unspecified atom stereocenters. The molecule has 1 rings (SSSR count). The Hall–Kier alpha value is -1.35. The highest BCUT2D eigenvalue weighted by atomic mass is 16.1. The van der Waals surface area contributed by atoms with Crippen LogP contribution in [0, 0.1) is 6.92 Å².